The summed E-state index contributed by atoms with van der Waals surface area (Å²) in [5.41, 5.74) is 0. The summed E-state index contributed by atoms with van der Waals surface area (Å²) >= 11 is 0. The van der Waals surface area contributed by atoms with E-state index >= 15 is 0 Å². The standard InChI is InChI=1S/C25H50O3/c1-3-5-7-9-10-11-12-13-14-15-16-17-18-19-21-27-24-25(23-26)28-22-20-8-6-4-2/h20,22,25-26H,3-19,21,23-24H2,1-2H3/t25-/m1/s1. The van der Waals surface area contributed by atoms with Crippen LogP contribution in [0.5, 0.6) is 0 Å². The predicted molar refractivity (Wildman–Crippen MR) is 122 cm³/mol. The van der Waals surface area contributed by atoms with E-state index in [0.717, 1.165) is 19.4 Å². The highest BCUT2D eigenvalue weighted by molar-refractivity contribution is 4.74. The lowest BCUT2D eigenvalue weighted by molar-refractivity contribution is -0.00352. The molecule has 168 valence electrons. The van der Waals surface area contributed by atoms with E-state index in [1.54, 1.807) is 6.26 Å². The zero-order valence-electron chi connectivity index (χ0n) is 19.1. The molecule has 0 spiro atoms. The molecule has 0 bridgehead atoms. The van der Waals surface area contributed by atoms with Gasteiger partial charge in [0, 0.05) is 6.61 Å². The molecule has 0 heterocycles. The van der Waals surface area contributed by atoms with Crippen LogP contribution >= 0.6 is 0 Å². The molecule has 3 heteroatoms. The molecule has 0 aromatic rings. The van der Waals surface area contributed by atoms with E-state index in [1.807, 2.05) is 6.08 Å². The smallest absolute Gasteiger partial charge is 0.144 e. The Bertz CT molecular complexity index is 304. The quantitative estimate of drug-likeness (QED) is 0.142. The number of unbranched alkanes of at least 4 members (excludes halogenated alkanes) is 15. The van der Waals surface area contributed by atoms with Gasteiger partial charge in [-0.2, -0.15) is 0 Å². The van der Waals surface area contributed by atoms with Crippen molar-refractivity contribution in [1.29, 1.82) is 0 Å². The molecule has 0 amide bonds. The van der Waals surface area contributed by atoms with Crippen LogP contribution in [0.4, 0.5) is 0 Å². The number of aliphatic hydroxyl groups excluding tert-OH is 1. The summed E-state index contributed by atoms with van der Waals surface area (Å²) < 4.78 is 11.2. The maximum Gasteiger partial charge on any atom is 0.144 e. The Morgan fingerprint density at radius 3 is 1.68 bits per heavy atom. The van der Waals surface area contributed by atoms with Gasteiger partial charge >= 0.3 is 0 Å². The molecule has 0 aliphatic rings. The molecular weight excluding hydrogens is 348 g/mol. The van der Waals surface area contributed by atoms with Crippen molar-refractivity contribution in [3.63, 3.8) is 0 Å². The van der Waals surface area contributed by atoms with Crippen LogP contribution in [0.15, 0.2) is 12.3 Å². The van der Waals surface area contributed by atoms with Crippen LogP contribution in [-0.4, -0.2) is 31.0 Å². The fourth-order valence-corrected chi connectivity index (χ4v) is 3.31. The molecule has 0 unspecified atom stereocenters. The van der Waals surface area contributed by atoms with Crippen LogP contribution in [0, 0.1) is 0 Å². The molecule has 0 radical (unpaired) electrons. The summed E-state index contributed by atoms with van der Waals surface area (Å²) in [7, 11) is 0. The van der Waals surface area contributed by atoms with E-state index in [-0.39, 0.29) is 12.7 Å². The van der Waals surface area contributed by atoms with Gasteiger partial charge in [0.05, 0.1) is 19.5 Å². The summed E-state index contributed by atoms with van der Waals surface area (Å²) in [5, 5.41) is 9.32. The lowest BCUT2D eigenvalue weighted by Crippen LogP contribution is -2.22. The van der Waals surface area contributed by atoms with Crippen LogP contribution in [0.25, 0.3) is 0 Å². The molecule has 0 aromatic carbocycles. The SMILES string of the molecule is CCCCC=CO[C@H](CO)COCCCCCCCCCCCCCCCC. The largest absolute Gasteiger partial charge is 0.494 e. The molecule has 28 heavy (non-hydrogen) atoms. The fourth-order valence-electron chi connectivity index (χ4n) is 3.31. The van der Waals surface area contributed by atoms with E-state index in [2.05, 4.69) is 13.8 Å². The maximum atomic E-state index is 9.32. The number of allylic oxidation sites excluding steroid dienone is 1. The van der Waals surface area contributed by atoms with Gasteiger partial charge in [0.15, 0.2) is 0 Å². The molecule has 0 saturated heterocycles. The maximum absolute atomic E-state index is 9.32. The highest BCUT2D eigenvalue weighted by Gasteiger charge is 2.06. The Balaban J connectivity index is 3.24. The van der Waals surface area contributed by atoms with Gasteiger partial charge in [-0.25, -0.2) is 0 Å². The van der Waals surface area contributed by atoms with Crippen LogP contribution < -0.4 is 0 Å². The molecule has 0 aliphatic carbocycles. The van der Waals surface area contributed by atoms with E-state index in [4.69, 9.17) is 9.47 Å². The Kier molecular flexibility index (Phi) is 24.0. The van der Waals surface area contributed by atoms with Crippen molar-refractivity contribution in [3.8, 4) is 0 Å². The second kappa shape index (κ2) is 24.5. The summed E-state index contributed by atoms with van der Waals surface area (Å²) in [4.78, 5) is 0. The minimum Gasteiger partial charge on any atom is -0.494 e. The monoisotopic (exact) mass is 398 g/mol. The Morgan fingerprint density at radius 2 is 1.18 bits per heavy atom. The van der Waals surface area contributed by atoms with Crippen LogP contribution in [-0.2, 0) is 9.47 Å². The van der Waals surface area contributed by atoms with Crippen molar-refractivity contribution < 1.29 is 14.6 Å². The zero-order chi connectivity index (χ0) is 20.5. The molecule has 1 N–H and O–H groups in total. The van der Waals surface area contributed by atoms with Crippen molar-refractivity contribution in [1.82, 2.24) is 0 Å². The molecular formula is C25H50O3. The highest BCUT2D eigenvalue weighted by atomic mass is 16.5. The summed E-state index contributed by atoms with van der Waals surface area (Å²) in [6.45, 7) is 5.72. The molecule has 0 aromatic heterocycles. The topological polar surface area (TPSA) is 38.7 Å². The van der Waals surface area contributed by atoms with Gasteiger partial charge in [-0.15, -0.1) is 0 Å². The normalized spacial score (nSPS) is 12.7. The first-order chi connectivity index (χ1) is 13.8. The van der Waals surface area contributed by atoms with Gasteiger partial charge in [0.2, 0.25) is 0 Å². The second-order valence-electron chi connectivity index (χ2n) is 8.13. The van der Waals surface area contributed by atoms with Crippen molar-refractivity contribution in [3.05, 3.63) is 12.3 Å². The van der Waals surface area contributed by atoms with Gasteiger partial charge in [0.1, 0.15) is 6.10 Å². The minimum absolute atomic E-state index is 0.0108. The third-order valence-electron chi connectivity index (χ3n) is 5.24. The number of hydrogen-bond donors (Lipinski definition) is 1. The molecule has 0 saturated carbocycles. The van der Waals surface area contributed by atoms with Gasteiger partial charge in [-0.05, 0) is 25.3 Å². The number of rotatable bonds is 23. The van der Waals surface area contributed by atoms with Gasteiger partial charge in [-0.1, -0.05) is 104 Å². The Hall–Kier alpha value is -0.540. The van der Waals surface area contributed by atoms with Gasteiger partial charge in [-0.3, -0.25) is 0 Å². The molecule has 0 rings (SSSR count). The van der Waals surface area contributed by atoms with Gasteiger partial charge < -0.3 is 14.6 Å². The van der Waals surface area contributed by atoms with E-state index in [0.29, 0.717) is 6.61 Å². The summed E-state index contributed by atoms with van der Waals surface area (Å²) in [5.74, 6) is 0. The van der Waals surface area contributed by atoms with E-state index in [1.165, 1.54) is 96.3 Å². The van der Waals surface area contributed by atoms with Gasteiger partial charge in [0.25, 0.3) is 0 Å². The lowest BCUT2D eigenvalue weighted by atomic mass is 10.0. The van der Waals surface area contributed by atoms with Crippen molar-refractivity contribution >= 4 is 0 Å². The zero-order valence-corrected chi connectivity index (χ0v) is 19.1. The van der Waals surface area contributed by atoms with Crippen LogP contribution in [0.2, 0.25) is 0 Å². The summed E-state index contributed by atoms with van der Waals surface area (Å²) in [6, 6.07) is 0. The van der Waals surface area contributed by atoms with Crippen molar-refractivity contribution in [2.45, 2.75) is 129 Å². The highest BCUT2D eigenvalue weighted by Crippen LogP contribution is 2.13. The van der Waals surface area contributed by atoms with Crippen LogP contribution in [0.1, 0.15) is 123 Å². The number of aliphatic hydroxyl groups is 1. The van der Waals surface area contributed by atoms with Crippen molar-refractivity contribution in [2.24, 2.45) is 0 Å². The number of hydrogen-bond acceptors (Lipinski definition) is 3. The first-order valence-electron chi connectivity index (χ1n) is 12.3. The van der Waals surface area contributed by atoms with Crippen molar-refractivity contribution in [2.75, 3.05) is 19.8 Å². The van der Waals surface area contributed by atoms with E-state index in [9.17, 15) is 5.11 Å². The summed E-state index contributed by atoms with van der Waals surface area (Å²) in [6.07, 6.45) is 26.1. The third kappa shape index (κ3) is 21.8. The average Bonchev–Trinajstić information content (AvgIpc) is 2.71. The van der Waals surface area contributed by atoms with E-state index < -0.39 is 0 Å². The second-order valence-corrected chi connectivity index (χ2v) is 8.13. The Morgan fingerprint density at radius 1 is 0.679 bits per heavy atom. The first-order valence-corrected chi connectivity index (χ1v) is 12.3. The lowest BCUT2D eigenvalue weighted by Gasteiger charge is -2.14. The number of ether oxygens (including phenoxy) is 2. The molecule has 3 nitrogen and oxygen atoms in total. The molecule has 0 aliphatic heterocycles. The molecule has 1 atom stereocenters. The third-order valence-corrected chi connectivity index (χ3v) is 5.24. The fraction of sp³-hybridized carbons (Fsp3) is 0.920. The average molecular weight is 399 g/mol. The molecule has 0 fully saturated rings. The van der Waals surface area contributed by atoms with Crippen LogP contribution in [0.3, 0.4) is 0 Å². The predicted octanol–water partition coefficient (Wildman–Crippen LogP) is 7.57. The minimum atomic E-state index is -0.232. The Labute approximate surface area is 176 Å². The first kappa shape index (κ1) is 27.5.